The lowest BCUT2D eigenvalue weighted by Gasteiger charge is -2.18. The molecule has 0 aliphatic carbocycles. The molecule has 0 aliphatic rings. The second kappa shape index (κ2) is 6.75. The molecule has 0 spiro atoms. The molecule has 0 radical (unpaired) electrons. The Kier molecular flexibility index (Phi) is 5.60. The number of methoxy groups -OCH3 is 1. The first kappa shape index (κ1) is 15.8. The van der Waals surface area contributed by atoms with E-state index in [1.54, 1.807) is 39.2 Å². The number of carbonyl (C=O) groups is 1. The molecule has 3 N–H and O–H groups in total. The SMILES string of the molecule is COCCOc1ccc(NC(=O)C(C)(C)N)cc1Cl. The van der Waals surface area contributed by atoms with Crippen molar-refractivity contribution in [2.75, 3.05) is 25.6 Å². The third kappa shape index (κ3) is 5.06. The molecule has 0 saturated heterocycles. The number of carbonyl (C=O) groups excluding carboxylic acids is 1. The fourth-order valence-electron chi connectivity index (χ4n) is 1.22. The van der Waals surface area contributed by atoms with Crippen LogP contribution < -0.4 is 15.8 Å². The van der Waals surface area contributed by atoms with Gasteiger partial charge in [-0.25, -0.2) is 0 Å². The van der Waals surface area contributed by atoms with Crippen molar-refractivity contribution in [1.29, 1.82) is 0 Å². The first-order valence-electron chi connectivity index (χ1n) is 5.86. The highest BCUT2D eigenvalue weighted by molar-refractivity contribution is 6.32. The minimum Gasteiger partial charge on any atom is -0.490 e. The molecular weight excluding hydrogens is 268 g/mol. The summed E-state index contributed by atoms with van der Waals surface area (Å²) < 4.78 is 10.3. The third-order valence-corrected chi connectivity index (χ3v) is 2.62. The minimum absolute atomic E-state index is 0.281. The van der Waals surface area contributed by atoms with E-state index < -0.39 is 5.54 Å². The van der Waals surface area contributed by atoms with Gasteiger partial charge < -0.3 is 20.5 Å². The molecular formula is C13H19ClN2O3. The molecule has 19 heavy (non-hydrogen) atoms. The molecule has 0 aliphatic heterocycles. The highest BCUT2D eigenvalue weighted by atomic mass is 35.5. The summed E-state index contributed by atoms with van der Waals surface area (Å²) >= 11 is 6.06. The molecule has 1 rings (SSSR count). The predicted octanol–water partition coefficient (Wildman–Crippen LogP) is 2.04. The van der Waals surface area contributed by atoms with E-state index >= 15 is 0 Å². The summed E-state index contributed by atoms with van der Waals surface area (Å²) in [5, 5.41) is 3.11. The Hall–Kier alpha value is -1.30. The molecule has 1 aromatic carbocycles. The lowest BCUT2D eigenvalue weighted by Crippen LogP contribution is -2.45. The van der Waals surface area contributed by atoms with Gasteiger partial charge in [0, 0.05) is 12.8 Å². The van der Waals surface area contributed by atoms with Gasteiger partial charge in [-0.05, 0) is 32.0 Å². The number of amides is 1. The van der Waals surface area contributed by atoms with Crippen molar-refractivity contribution in [2.45, 2.75) is 19.4 Å². The van der Waals surface area contributed by atoms with Gasteiger partial charge in [0.05, 0.1) is 17.2 Å². The van der Waals surface area contributed by atoms with Crippen molar-refractivity contribution >= 4 is 23.2 Å². The summed E-state index contributed by atoms with van der Waals surface area (Å²) in [6.45, 7) is 4.16. The maximum absolute atomic E-state index is 11.7. The summed E-state index contributed by atoms with van der Waals surface area (Å²) in [6, 6.07) is 5.02. The van der Waals surface area contributed by atoms with Crippen molar-refractivity contribution in [2.24, 2.45) is 5.73 Å². The van der Waals surface area contributed by atoms with E-state index in [1.165, 1.54) is 0 Å². The molecule has 0 bridgehead atoms. The second-order valence-corrected chi connectivity index (χ2v) is 5.07. The normalized spacial score (nSPS) is 11.2. The maximum Gasteiger partial charge on any atom is 0.243 e. The standard InChI is InChI=1S/C13H19ClN2O3/c1-13(2,15)12(17)16-9-4-5-11(10(14)8-9)19-7-6-18-3/h4-5,8H,6-7,15H2,1-3H3,(H,16,17). The van der Waals surface area contributed by atoms with Crippen LogP contribution in [0.3, 0.4) is 0 Å². The van der Waals surface area contributed by atoms with Gasteiger partial charge >= 0.3 is 0 Å². The summed E-state index contributed by atoms with van der Waals surface area (Å²) in [6.07, 6.45) is 0. The van der Waals surface area contributed by atoms with Crippen LogP contribution in [0.4, 0.5) is 5.69 Å². The van der Waals surface area contributed by atoms with E-state index in [0.717, 1.165) is 0 Å². The number of hydrogen-bond acceptors (Lipinski definition) is 4. The molecule has 0 saturated carbocycles. The number of nitrogens with two attached hydrogens (primary N) is 1. The van der Waals surface area contributed by atoms with E-state index in [4.69, 9.17) is 26.8 Å². The van der Waals surface area contributed by atoms with Gasteiger partial charge in [0.25, 0.3) is 0 Å². The summed E-state index contributed by atoms with van der Waals surface area (Å²) in [4.78, 5) is 11.7. The molecule has 5 nitrogen and oxygen atoms in total. The van der Waals surface area contributed by atoms with E-state index in [9.17, 15) is 4.79 Å². The molecule has 0 aromatic heterocycles. The van der Waals surface area contributed by atoms with Crippen LogP contribution in [0.5, 0.6) is 5.75 Å². The fraction of sp³-hybridized carbons (Fsp3) is 0.462. The lowest BCUT2D eigenvalue weighted by molar-refractivity contribution is -0.120. The van der Waals surface area contributed by atoms with Crippen LogP contribution in [0, 0.1) is 0 Å². The van der Waals surface area contributed by atoms with E-state index in [0.29, 0.717) is 29.7 Å². The number of ether oxygens (including phenoxy) is 2. The Morgan fingerprint density at radius 2 is 2.11 bits per heavy atom. The van der Waals surface area contributed by atoms with Crippen molar-refractivity contribution in [1.82, 2.24) is 0 Å². The van der Waals surface area contributed by atoms with Crippen LogP contribution >= 0.6 is 11.6 Å². The number of hydrogen-bond donors (Lipinski definition) is 2. The summed E-state index contributed by atoms with van der Waals surface area (Å²) in [5.74, 6) is 0.264. The van der Waals surface area contributed by atoms with E-state index in [-0.39, 0.29) is 5.91 Å². The Balaban J connectivity index is 2.69. The van der Waals surface area contributed by atoms with Crippen molar-refractivity contribution in [3.8, 4) is 5.75 Å². The third-order valence-electron chi connectivity index (χ3n) is 2.32. The van der Waals surface area contributed by atoms with Gasteiger partial charge in [-0.3, -0.25) is 4.79 Å². The van der Waals surface area contributed by atoms with Crippen LogP contribution in [0.15, 0.2) is 18.2 Å². The van der Waals surface area contributed by atoms with Crippen LogP contribution in [0.25, 0.3) is 0 Å². The molecule has 0 heterocycles. The predicted molar refractivity (Wildman–Crippen MR) is 75.7 cm³/mol. The number of rotatable bonds is 6. The molecule has 0 unspecified atom stereocenters. The zero-order valence-corrected chi connectivity index (χ0v) is 12.1. The molecule has 1 aromatic rings. The number of nitrogens with one attached hydrogen (secondary N) is 1. The maximum atomic E-state index is 11.7. The molecule has 0 fully saturated rings. The van der Waals surface area contributed by atoms with Gasteiger partial charge in [-0.15, -0.1) is 0 Å². The topological polar surface area (TPSA) is 73.6 Å². The zero-order chi connectivity index (χ0) is 14.5. The van der Waals surface area contributed by atoms with Gasteiger partial charge in [-0.2, -0.15) is 0 Å². The largest absolute Gasteiger partial charge is 0.490 e. The molecule has 1 amide bonds. The minimum atomic E-state index is -0.944. The molecule has 0 atom stereocenters. The quantitative estimate of drug-likeness (QED) is 0.785. The Morgan fingerprint density at radius 1 is 1.42 bits per heavy atom. The highest BCUT2D eigenvalue weighted by Gasteiger charge is 2.21. The first-order valence-corrected chi connectivity index (χ1v) is 6.24. The van der Waals surface area contributed by atoms with Gasteiger partial charge in [-0.1, -0.05) is 11.6 Å². The van der Waals surface area contributed by atoms with Crippen LogP contribution in [0.2, 0.25) is 5.02 Å². The van der Waals surface area contributed by atoms with Crippen LogP contribution in [-0.4, -0.2) is 31.8 Å². The average molecular weight is 287 g/mol. The lowest BCUT2D eigenvalue weighted by atomic mass is 10.1. The van der Waals surface area contributed by atoms with Crippen molar-refractivity contribution < 1.29 is 14.3 Å². The zero-order valence-electron chi connectivity index (χ0n) is 11.3. The number of benzene rings is 1. The highest BCUT2D eigenvalue weighted by Crippen LogP contribution is 2.27. The second-order valence-electron chi connectivity index (χ2n) is 4.66. The van der Waals surface area contributed by atoms with Crippen LogP contribution in [-0.2, 0) is 9.53 Å². The Bertz CT molecular complexity index is 444. The van der Waals surface area contributed by atoms with Gasteiger partial charge in [0.2, 0.25) is 5.91 Å². The Labute approximate surface area is 118 Å². The molecule has 106 valence electrons. The summed E-state index contributed by atoms with van der Waals surface area (Å²) in [5.41, 5.74) is 5.32. The van der Waals surface area contributed by atoms with E-state index in [2.05, 4.69) is 5.32 Å². The monoisotopic (exact) mass is 286 g/mol. The van der Waals surface area contributed by atoms with Gasteiger partial charge in [0.1, 0.15) is 12.4 Å². The number of anilines is 1. The van der Waals surface area contributed by atoms with Crippen LogP contribution in [0.1, 0.15) is 13.8 Å². The first-order chi connectivity index (χ1) is 8.84. The smallest absolute Gasteiger partial charge is 0.243 e. The number of halogens is 1. The van der Waals surface area contributed by atoms with Crippen molar-refractivity contribution in [3.63, 3.8) is 0 Å². The Morgan fingerprint density at radius 3 is 2.63 bits per heavy atom. The van der Waals surface area contributed by atoms with Crippen molar-refractivity contribution in [3.05, 3.63) is 23.2 Å². The van der Waals surface area contributed by atoms with Gasteiger partial charge in [0.15, 0.2) is 0 Å². The molecule has 6 heteroatoms. The summed E-state index contributed by atoms with van der Waals surface area (Å²) in [7, 11) is 1.60. The van der Waals surface area contributed by atoms with E-state index in [1.807, 2.05) is 0 Å². The average Bonchev–Trinajstić information content (AvgIpc) is 2.31. The fourth-order valence-corrected chi connectivity index (χ4v) is 1.46.